The number of rotatable bonds is 6. The first-order valence-electron chi connectivity index (χ1n) is 7.82. The minimum absolute atomic E-state index is 0.0669. The van der Waals surface area contributed by atoms with E-state index in [0.717, 1.165) is 23.4 Å². The second kappa shape index (κ2) is 8.05. The Labute approximate surface area is 145 Å². The van der Waals surface area contributed by atoms with Crippen LogP contribution in [-0.2, 0) is 23.9 Å². The molecule has 0 N–H and O–H groups in total. The van der Waals surface area contributed by atoms with Crippen LogP contribution in [0.3, 0.4) is 0 Å². The Kier molecular flexibility index (Phi) is 6.07. The van der Waals surface area contributed by atoms with Gasteiger partial charge in [-0.15, -0.1) is 0 Å². The molecule has 0 bridgehead atoms. The van der Waals surface area contributed by atoms with Crippen LogP contribution < -0.4 is 4.74 Å². The number of hydrogen-bond donors (Lipinski definition) is 0. The van der Waals surface area contributed by atoms with Crippen LogP contribution in [0.15, 0.2) is 48.5 Å². The van der Waals surface area contributed by atoms with Gasteiger partial charge in [0.2, 0.25) is 5.91 Å². The zero-order valence-electron chi connectivity index (χ0n) is 14.1. The van der Waals surface area contributed by atoms with Gasteiger partial charge in [-0.3, -0.25) is 4.79 Å². The standard InChI is InChI=1S/C19H20F3NO2/c1-23(13-15-6-9-16(10-7-15)19(20,21)22)18(24)11-8-14-4-3-5-17(12-14)25-2/h3-7,9-10,12H,8,11,13H2,1-2H3. The van der Waals surface area contributed by atoms with Gasteiger partial charge in [0.15, 0.2) is 0 Å². The van der Waals surface area contributed by atoms with Crippen LogP contribution >= 0.6 is 0 Å². The topological polar surface area (TPSA) is 29.5 Å². The van der Waals surface area contributed by atoms with Gasteiger partial charge >= 0.3 is 6.18 Å². The quantitative estimate of drug-likeness (QED) is 0.776. The Morgan fingerprint density at radius 2 is 1.76 bits per heavy atom. The molecule has 1 amide bonds. The van der Waals surface area contributed by atoms with Crippen molar-refractivity contribution in [3.8, 4) is 5.75 Å². The fraction of sp³-hybridized carbons (Fsp3) is 0.316. The van der Waals surface area contributed by atoms with Crippen LogP contribution in [0, 0.1) is 0 Å². The van der Waals surface area contributed by atoms with Crippen molar-refractivity contribution in [2.24, 2.45) is 0 Å². The lowest BCUT2D eigenvalue weighted by atomic mass is 10.1. The van der Waals surface area contributed by atoms with Gasteiger partial charge in [0.25, 0.3) is 0 Å². The molecule has 0 spiro atoms. The Hall–Kier alpha value is -2.50. The molecule has 3 nitrogen and oxygen atoms in total. The lowest BCUT2D eigenvalue weighted by molar-refractivity contribution is -0.137. The lowest BCUT2D eigenvalue weighted by Gasteiger charge is -2.18. The Bertz CT molecular complexity index is 711. The average molecular weight is 351 g/mol. The first-order valence-corrected chi connectivity index (χ1v) is 7.82. The van der Waals surface area contributed by atoms with Gasteiger partial charge in [-0.2, -0.15) is 13.2 Å². The van der Waals surface area contributed by atoms with Gasteiger partial charge < -0.3 is 9.64 Å². The molecule has 0 aliphatic heterocycles. The molecule has 6 heteroatoms. The van der Waals surface area contributed by atoms with Crippen molar-refractivity contribution < 1.29 is 22.7 Å². The van der Waals surface area contributed by atoms with Crippen LogP contribution in [0.4, 0.5) is 13.2 Å². The molecule has 2 aromatic rings. The Morgan fingerprint density at radius 3 is 2.36 bits per heavy atom. The van der Waals surface area contributed by atoms with Crippen molar-refractivity contribution in [2.75, 3.05) is 14.2 Å². The summed E-state index contributed by atoms with van der Waals surface area (Å²) in [5.41, 5.74) is 0.962. The van der Waals surface area contributed by atoms with Crippen LogP contribution in [-0.4, -0.2) is 25.0 Å². The maximum atomic E-state index is 12.6. The van der Waals surface area contributed by atoms with Crippen molar-refractivity contribution in [3.63, 3.8) is 0 Å². The van der Waals surface area contributed by atoms with Crippen molar-refractivity contribution in [3.05, 3.63) is 65.2 Å². The summed E-state index contributed by atoms with van der Waals surface area (Å²) in [4.78, 5) is 13.7. The summed E-state index contributed by atoms with van der Waals surface area (Å²) in [5, 5.41) is 0. The second-order valence-corrected chi connectivity index (χ2v) is 5.80. The number of carbonyl (C=O) groups excluding carboxylic acids is 1. The molecule has 0 aromatic heterocycles. The molecular formula is C19H20F3NO2. The predicted molar refractivity (Wildman–Crippen MR) is 89.2 cm³/mol. The van der Waals surface area contributed by atoms with Crippen molar-refractivity contribution in [2.45, 2.75) is 25.6 Å². The predicted octanol–water partition coefficient (Wildman–Crippen LogP) is 4.31. The number of hydrogen-bond acceptors (Lipinski definition) is 2. The van der Waals surface area contributed by atoms with Gasteiger partial charge in [0.05, 0.1) is 12.7 Å². The third-order valence-corrected chi connectivity index (χ3v) is 3.89. The Balaban J connectivity index is 1.89. The number of alkyl halides is 3. The molecule has 0 aliphatic rings. The fourth-order valence-corrected chi connectivity index (χ4v) is 2.43. The average Bonchev–Trinajstić information content (AvgIpc) is 2.59. The van der Waals surface area contributed by atoms with Crippen LogP contribution in [0.2, 0.25) is 0 Å². The highest BCUT2D eigenvalue weighted by Gasteiger charge is 2.29. The van der Waals surface area contributed by atoms with Crippen molar-refractivity contribution >= 4 is 5.91 Å². The van der Waals surface area contributed by atoms with E-state index in [1.54, 1.807) is 14.2 Å². The third-order valence-electron chi connectivity index (χ3n) is 3.89. The molecule has 0 saturated heterocycles. The number of carbonyl (C=O) groups is 1. The molecule has 0 heterocycles. The zero-order chi connectivity index (χ0) is 18.4. The normalized spacial score (nSPS) is 11.2. The summed E-state index contributed by atoms with van der Waals surface area (Å²) in [6, 6.07) is 12.4. The maximum Gasteiger partial charge on any atom is 0.416 e. The number of methoxy groups -OCH3 is 1. The molecular weight excluding hydrogens is 331 g/mol. The summed E-state index contributed by atoms with van der Waals surface area (Å²) in [6.07, 6.45) is -3.45. The molecule has 0 saturated carbocycles. The third kappa shape index (κ3) is 5.52. The molecule has 0 atom stereocenters. The van der Waals surface area contributed by atoms with E-state index in [1.165, 1.54) is 17.0 Å². The van der Waals surface area contributed by atoms with E-state index in [0.29, 0.717) is 18.4 Å². The van der Waals surface area contributed by atoms with Gasteiger partial charge in [-0.05, 0) is 41.8 Å². The molecule has 0 unspecified atom stereocenters. The smallest absolute Gasteiger partial charge is 0.416 e. The van der Waals surface area contributed by atoms with E-state index in [9.17, 15) is 18.0 Å². The molecule has 2 aromatic carbocycles. The SMILES string of the molecule is COc1cccc(CCC(=O)N(C)Cc2ccc(C(F)(F)F)cc2)c1. The van der Waals surface area contributed by atoms with E-state index in [4.69, 9.17) is 4.74 Å². The first kappa shape index (κ1) is 18.8. The second-order valence-electron chi connectivity index (χ2n) is 5.80. The summed E-state index contributed by atoms with van der Waals surface area (Å²) >= 11 is 0. The highest BCUT2D eigenvalue weighted by molar-refractivity contribution is 5.76. The monoisotopic (exact) mass is 351 g/mol. The zero-order valence-corrected chi connectivity index (χ0v) is 14.1. The molecule has 2 rings (SSSR count). The van der Waals surface area contributed by atoms with E-state index >= 15 is 0 Å². The molecule has 134 valence electrons. The van der Waals surface area contributed by atoms with E-state index < -0.39 is 11.7 Å². The highest BCUT2D eigenvalue weighted by Crippen LogP contribution is 2.29. The highest BCUT2D eigenvalue weighted by atomic mass is 19.4. The summed E-state index contributed by atoms with van der Waals surface area (Å²) in [5.74, 6) is 0.672. The Morgan fingerprint density at radius 1 is 1.08 bits per heavy atom. The minimum Gasteiger partial charge on any atom is -0.497 e. The van der Waals surface area contributed by atoms with Gasteiger partial charge in [0.1, 0.15) is 5.75 Å². The fourth-order valence-electron chi connectivity index (χ4n) is 2.43. The largest absolute Gasteiger partial charge is 0.497 e. The van der Waals surface area contributed by atoms with E-state index in [-0.39, 0.29) is 12.5 Å². The van der Waals surface area contributed by atoms with E-state index in [1.807, 2.05) is 24.3 Å². The minimum atomic E-state index is -4.35. The number of halogens is 3. The number of aryl methyl sites for hydroxylation is 1. The van der Waals surface area contributed by atoms with Crippen molar-refractivity contribution in [1.82, 2.24) is 4.90 Å². The number of amides is 1. The van der Waals surface area contributed by atoms with Crippen LogP contribution in [0.25, 0.3) is 0 Å². The maximum absolute atomic E-state index is 12.6. The van der Waals surface area contributed by atoms with E-state index in [2.05, 4.69) is 0 Å². The van der Waals surface area contributed by atoms with Crippen LogP contribution in [0.5, 0.6) is 5.75 Å². The number of nitrogens with zero attached hydrogens (tertiary/aromatic N) is 1. The molecule has 0 fully saturated rings. The summed E-state index contributed by atoms with van der Waals surface area (Å²) in [6.45, 7) is 0.273. The first-order chi connectivity index (χ1) is 11.8. The van der Waals surface area contributed by atoms with Crippen LogP contribution in [0.1, 0.15) is 23.1 Å². The van der Waals surface area contributed by atoms with Gasteiger partial charge in [0, 0.05) is 20.0 Å². The van der Waals surface area contributed by atoms with Gasteiger partial charge in [-0.1, -0.05) is 24.3 Å². The molecule has 25 heavy (non-hydrogen) atoms. The summed E-state index contributed by atoms with van der Waals surface area (Å²) in [7, 11) is 3.23. The molecule has 0 aliphatic carbocycles. The number of benzene rings is 2. The lowest BCUT2D eigenvalue weighted by Crippen LogP contribution is -2.26. The number of ether oxygens (including phenoxy) is 1. The summed E-state index contributed by atoms with van der Waals surface area (Å²) < 4.78 is 42.8. The molecule has 0 radical (unpaired) electrons. The van der Waals surface area contributed by atoms with Crippen molar-refractivity contribution in [1.29, 1.82) is 0 Å². The van der Waals surface area contributed by atoms with Gasteiger partial charge in [-0.25, -0.2) is 0 Å².